The molecule has 0 aromatic heterocycles. The highest BCUT2D eigenvalue weighted by molar-refractivity contribution is 9.10. The standard InChI is InChI=1S/C14H19BrN2O/c1-10-4-3-5-12(13(10)15)14(18)16-11-6-8-17(2)9-7-11/h3-5,11H,6-9H2,1-2H3,(H,16,18). The van der Waals surface area contributed by atoms with Gasteiger partial charge in [0.05, 0.1) is 5.56 Å². The number of halogens is 1. The zero-order chi connectivity index (χ0) is 13.1. The van der Waals surface area contributed by atoms with Crippen LogP contribution in [0.5, 0.6) is 0 Å². The second-order valence-electron chi connectivity index (χ2n) is 4.99. The fourth-order valence-corrected chi connectivity index (χ4v) is 2.68. The number of benzene rings is 1. The van der Waals surface area contributed by atoms with Crippen LogP contribution in [-0.4, -0.2) is 37.0 Å². The number of likely N-dealkylation sites (tertiary alicyclic amines) is 1. The van der Waals surface area contributed by atoms with Gasteiger partial charge in [0.15, 0.2) is 0 Å². The van der Waals surface area contributed by atoms with Crippen molar-refractivity contribution >= 4 is 21.8 Å². The number of amides is 1. The van der Waals surface area contributed by atoms with Crippen molar-refractivity contribution in [3.8, 4) is 0 Å². The number of hydrogen-bond donors (Lipinski definition) is 1. The molecule has 0 atom stereocenters. The molecule has 0 unspecified atom stereocenters. The molecule has 1 amide bonds. The first-order valence-electron chi connectivity index (χ1n) is 6.32. The molecule has 98 valence electrons. The third kappa shape index (κ3) is 3.12. The fraction of sp³-hybridized carbons (Fsp3) is 0.500. The molecular formula is C14H19BrN2O. The van der Waals surface area contributed by atoms with Gasteiger partial charge in [-0.25, -0.2) is 0 Å². The Balaban J connectivity index is 2.01. The molecule has 1 aromatic rings. The largest absolute Gasteiger partial charge is 0.349 e. The number of nitrogens with one attached hydrogen (secondary N) is 1. The minimum absolute atomic E-state index is 0.0279. The second-order valence-corrected chi connectivity index (χ2v) is 5.78. The van der Waals surface area contributed by atoms with E-state index in [9.17, 15) is 4.79 Å². The molecule has 1 fully saturated rings. The highest BCUT2D eigenvalue weighted by Crippen LogP contribution is 2.21. The Hall–Kier alpha value is -0.870. The summed E-state index contributed by atoms with van der Waals surface area (Å²) in [5, 5.41) is 3.13. The van der Waals surface area contributed by atoms with Gasteiger partial charge in [-0.2, -0.15) is 0 Å². The normalized spacial score (nSPS) is 17.7. The quantitative estimate of drug-likeness (QED) is 0.910. The minimum Gasteiger partial charge on any atom is -0.349 e. The Morgan fingerprint density at radius 2 is 2.06 bits per heavy atom. The monoisotopic (exact) mass is 310 g/mol. The van der Waals surface area contributed by atoms with E-state index in [-0.39, 0.29) is 5.91 Å². The van der Waals surface area contributed by atoms with Crippen LogP contribution >= 0.6 is 15.9 Å². The maximum absolute atomic E-state index is 12.2. The summed E-state index contributed by atoms with van der Waals surface area (Å²) in [4.78, 5) is 14.5. The third-order valence-electron chi connectivity index (χ3n) is 3.49. The van der Waals surface area contributed by atoms with Gasteiger partial charge in [0.25, 0.3) is 5.91 Å². The maximum Gasteiger partial charge on any atom is 0.252 e. The lowest BCUT2D eigenvalue weighted by atomic mass is 10.0. The molecule has 0 saturated carbocycles. The van der Waals surface area contributed by atoms with Gasteiger partial charge in [-0.05, 0) is 67.5 Å². The van der Waals surface area contributed by atoms with Crippen molar-refractivity contribution in [1.29, 1.82) is 0 Å². The lowest BCUT2D eigenvalue weighted by Crippen LogP contribution is -2.43. The van der Waals surface area contributed by atoms with Crippen molar-refractivity contribution in [3.63, 3.8) is 0 Å². The SMILES string of the molecule is Cc1cccc(C(=O)NC2CCN(C)CC2)c1Br. The Bertz CT molecular complexity index is 439. The van der Waals surface area contributed by atoms with E-state index in [1.807, 2.05) is 25.1 Å². The van der Waals surface area contributed by atoms with Gasteiger partial charge >= 0.3 is 0 Å². The molecule has 2 rings (SSSR count). The van der Waals surface area contributed by atoms with Crippen molar-refractivity contribution in [2.45, 2.75) is 25.8 Å². The molecule has 18 heavy (non-hydrogen) atoms. The predicted octanol–water partition coefficient (Wildman–Crippen LogP) is 2.58. The summed E-state index contributed by atoms with van der Waals surface area (Å²) in [6.07, 6.45) is 2.07. The van der Waals surface area contributed by atoms with Gasteiger partial charge in [0, 0.05) is 10.5 Å². The van der Waals surface area contributed by atoms with Crippen molar-refractivity contribution in [3.05, 3.63) is 33.8 Å². The molecule has 0 bridgehead atoms. The van der Waals surface area contributed by atoms with Crippen LogP contribution in [0.25, 0.3) is 0 Å². The van der Waals surface area contributed by atoms with E-state index in [1.165, 1.54) is 0 Å². The average molecular weight is 311 g/mol. The lowest BCUT2D eigenvalue weighted by molar-refractivity contribution is 0.0916. The Morgan fingerprint density at radius 3 is 2.72 bits per heavy atom. The van der Waals surface area contributed by atoms with Crippen molar-refractivity contribution in [1.82, 2.24) is 10.2 Å². The number of nitrogens with zero attached hydrogens (tertiary/aromatic N) is 1. The summed E-state index contributed by atoms with van der Waals surface area (Å²) in [6.45, 7) is 4.11. The van der Waals surface area contributed by atoms with Crippen LogP contribution in [0.4, 0.5) is 0 Å². The topological polar surface area (TPSA) is 32.3 Å². The number of carbonyl (C=O) groups is 1. The summed E-state index contributed by atoms with van der Waals surface area (Å²) in [5.41, 5.74) is 1.82. The molecule has 4 heteroatoms. The van der Waals surface area contributed by atoms with E-state index < -0.39 is 0 Å². The molecule has 0 spiro atoms. The molecule has 1 aliphatic heterocycles. The molecule has 0 aliphatic carbocycles. The molecule has 1 saturated heterocycles. The van der Waals surface area contributed by atoms with Crippen LogP contribution in [0.1, 0.15) is 28.8 Å². The van der Waals surface area contributed by atoms with Gasteiger partial charge in [-0.1, -0.05) is 12.1 Å². The smallest absolute Gasteiger partial charge is 0.252 e. The van der Waals surface area contributed by atoms with Crippen molar-refractivity contribution in [2.24, 2.45) is 0 Å². The van der Waals surface area contributed by atoms with Crippen LogP contribution in [-0.2, 0) is 0 Å². The maximum atomic E-state index is 12.2. The van der Waals surface area contributed by atoms with E-state index in [1.54, 1.807) is 0 Å². The van der Waals surface area contributed by atoms with E-state index in [2.05, 4.69) is 33.2 Å². The second kappa shape index (κ2) is 5.85. The summed E-state index contributed by atoms with van der Waals surface area (Å²) < 4.78 is 0.899. The van der Waals surface area contributed by atoms with E-state index in [4.69, 9.17) is 0 Å². The van der Waals surface area contributed by atoms with Crippen LogP contribution in [0.3, 0.4) is 0 Å². The van der Waals surface area contributed by atoms with E-state index >= 15 is 0 Å². The first-order valence-corrected chi connectivity index (χ1v) is 7.11. The van der Waals surface area contributed by atoms with Crippen LogP contribution in [0.2, 0.25) is 0 Å². The highest BCUT2D eigenvalue weighted by Gasteiger charge is 2.20. The van der Waals surface area contributed by atoms with Gasteiger partial charge in [-0.15, -0.1) is 0 Å². The number of rotatable bonds is 2. The van der Waals surface area contributed by atoms with Crippen LogP contribution < -0.4 is 5.32 Å². The number of aryl methyl sites for hydroxylation is 1. The summed E-state index contributed by atoms with van der Waals surface area (Å²) in [5.74, 6) is 0.0279. The van der Waals surface area contributed by atoms with Gasteiger partial charge in [0.1, 0.15) is 0 Å². The Labute approximate surface area is 117 Å². The molecule has 1 N–H and O–H groups in total. The zero-order valence-corrected chi connectivity index (χ0v) is 12.5. The zero-order valence-electron chi connectivity index (χ0n) is 10.9. The van der Waals surface area contributed by atoms with E-state index in [0.717, 1.165) is 41.5 Å². The average Bonchev–Trinajstić information content (AvgIpc) is 2.35. The van der Waals surface area contributed by atoms with Gasteiger partial charge in [0.2, 0.25) is 0 Å². The summed E-state index contributed by atoms with van der Waals surface area (Å²) in [7, 11) is 2.12. The molecule has 0 radical (unpaired) electrons. The molecule has 1 heterocycles. The molecular weight excluding hydrogens is 292 g/mol. The first kappa shape index (κ1) is 13.6. The number of piperidine rings is 1. The molecule has 1 aliphatic rings. The number of carbonyl (C=O) groups excluding carboxylic acids is 1. The predicted molar refractivity (Wildman–Crippen MR) is 76.9 cm³/mol. The number of hydrogen-bond acceptors (Lipinski definition) is 2. The van der Waals surface area contributed by atoms with Gasteiger partial charge in [-0.3, -0.25) is 4.79 Å². The Kier molecular flexibility index (Phi) is 4.40. The molecule has 3 nitrogen and oxygen atoms in total. The minimum atomic E-state index is 0.0279. The summed E-state index contributed by atoms with van der Waals surface area (Å²) in [6, 6.07) is 6.09. The third-order valence-corrected chi connectivity index (χ3v) is 4.54. The van der Waals surface area contributed by atoms with E-state index in [0.29, 0.717) is 6.04 Å². The fourth-order valence-electron chi connectivity index (χ4n) is 2.24. The summed E-state index contributed by atoms with van der Waals surface area (Å²) >= 11 is 3.49. The van der Waals surface area contributed by atoms with Crippen LogP contribution in [0, 0.1) is 6.92 Å². The lowest BCUT2D eigenvalue weighted by Gasteiger charge is -2.29. The van der Waals surface area contributed by atoms with Crippen molar-refractivity contribution in [2.75, 3.05) is 20.1 Å². The van der Waals surface area contributed by atoms with Crippen molar-refractivity contribution < 1.29 is 4.79 Å². The molecule has 1 aromatic carbocycles. The highest BCUT2D eigenvalue weighted by atomic mass is 79.9. The van der Waals surface area contributed by atoms with Gasteiger partial charge < -0.3 is 10.2 Å². The van der Waals surface area contributed by atoms with Crippen LogP contribution in [0.15, 0.2) is 22.7 Å². The Morgan fingerprint density at radius 1 is 1.39 bits per heavy atom. The first-order chi connectivity index (χ1) is 8.58.